The Kier molecular flexibility index (Phi) is 33.5. The number of Topliss-reactive ketones (excluding diaryl/α,β-unsaturated/α-hetero) is 2. The summed E-state index contributed by atoms with van der Waals surface area (Å²) < 4.78 is 167. The van der Waals surface area contributed by atoms with Crippen molar-refractivity contribution in [2.75, 3.05) is 54.0 Å². The minimum atomic E-state index is -4.33. The van der Waals surface area contributed by atoms with Gasteiger partial charge in [-0.3, -0.25) is 9.59 Å². The Hall–Kier alpha value is -9.54. The molecule has 582 valence electrons. The third-order valence-corrected chi connectivity index (χ3v) is 25.0. The molecule has 0 amide bonds. The number of rotatable bonds is 27. The van der Waals surface area contributed by atoms with E-state index in [-0.39, 0.29) is 63.0 Å². The number of sulfone groups is 2. The fourth-order valence-electron chi connectivity index (χ4n) is 10.9. The lowest BCUT2D eigenvalue weighted by Gasteiger charge is -2.20. The van der Waals surface area contributed by atoms with Gasteiger partial charge in [0, 0.05) is 12.8 Å². The average Bonchev–Trinajstić information content (AvgIpc) is 0.791. The highest BCUT2D eigenvalue weighted by Gasteiger charge is 2.32. The van der Waals surface area contributed by atoms with Crippen molar-refractivity contribution in [1.82, 2.24) is 14.2 Å². The van der Waals surface area contributed by atoms with E-state index in [0.717, 1.165) is 109 Å². The zero-order chi connectivity index (χ0) is 82.7. The molecule has 6 aromatic rings. The van der Waals surface area contributed by atoms with Crippen LogP contribution in [-0.4, -0.2) is 140 Å². The number of ketones is 2. The average molecular weight is 1610 g/mol. The summed E-state index contributed by atoms with van der Waals surface area (Å²) in [6.07, 6.45) is 1.25. The van der Waals surface area contributed by atoms with Crippen molar-refractivity contribution in [3.8, 4) is 18.2 Å². The number of carbonyl (C=O) groups excluding carboxylic acids is 6. The number of aliphatic imine (C=N–C) groups is 1. The fraction of sp³-hybridized carbons (Fsp3) is 0.384. The minimum Gasteiger partial charge on any atom is -0.465 e. The number of nitrogens with zero attached hydrogens (tertiary/aromatic N) is 4. The van der Waals surface area contributed by atoms with Gasteiger partial charge < -0.3 is 14.2 Å². The molecular formula is C73H88N8O21S6. The highest BCUT2D eigenvalue weighted by atomic mass is 32.2. The lowest BCUT2D eigenvalue weighted by Crippen LogP contribution is -2.23. The van der Waals surface area contributed by atoms with E-state index in [4.69, 9.17) is 10.4 Å². The summed E-state index contributed by atoms with van der Waals surface area (Å²) in [5.74, 6) is -5.73. The van der Waals surface area contributed by atoms with E-state index in [9.17, 15) is 89.8 Å². The molecule has 35 heteroatoms. The summed E-state index contributed by atoms with van der Waals surface area (Å²) in [6, 6.07) is 25.6. The minimum absolute atomic E-state index is 0.0113. The topological polar surface area (TPSA) is 481 Å². The molecule has 0 aliphatic carbocycles. The number of isocyanates is 1. The number of methoxy groups -OCH3 is 3. The van der Waals surface area contributed by atoms with Crippen molar-refractivity contribution in [2.24, 2.45) is 10.1 Å². The molecule has 0 saturated carbocycles. The van der Waals surface area contributed by atoms with Gasteiger partial charge in [0.05, 0.1) is 108 Å². The molecule has 5 N–H and O–H groups in total. The Labute approximate surface area is 632 Å². The van der Waals surface area contributed by atoms with Crippen molar-refractivity contribution in [3.05, 3.63) is 169 Å². The van der Waals surface area contributed by atoms with Gasteiger partial charge in [0.15, 0.2) is 31.2 Å². The first kappa shape index (κ1) is 92.7. The van der Waals surface area contributed by atoms with Crippen LogP contribution in [0.5, 0.6) is 0 Å². The summed E-state index contributed by atoms with van der Waals surface area (Å²) >= 11 is 0. The SMILES string of the molecule is CC(C)c1cc(C#N)cc(C(C)C)c1N=C=O.CNS(=O)(=O)c1ccc(S(=O)(=O)CC(=O)Cc2c(C(C)C)cc(C#N)cc2C(C)C)c(C(=O)OC)c1.CNS(=O)(=O)c1ccc(S(=O)(=O)CC(=O)Cc2c(C(C)C)cc(C#N)cc2C(C)C)c(C(=O)OC)c1.CNS(=O)(=O)c1ccc(S(N)(=O)=O)c(C(=O)OC)c1. The summed E-state index contributed by atoms with van der Waals surface area (Å²) in [4.78, 5) is 74.2. The van der Waals surface area contributed by atoms with Gasteiger partial charge in [-0.2, -0.15) is 20.8 Å². The van der Waals surface area contributed by atoms with Gasteiger partial charge in [-0.1, -0.05) is 83.1 Å². The van der Waals surface area contributed by atoms with Crippen molar-refractivity contribution in [2.45, 2.75) is 161 Å². The Morgan fingerprint density at radius 2 is 0.648 bits per heavy atom. The Bertz CT molecular complexity index is 5050. The second kappa shape index (κ2) is 39.0. The number of esters is 3. The van der Waals surface area contributed by atoms with Crippen molar-refractivity contribution in [1.29, 1.82) is 15.8 Å². The Morgan fingerprint density at radius 3 is 0.861 bits per heavy atom. The molecule has 0 fully saturated rings. The van der Waals surface area contributed by atoms with Gasteiger partial charge in [-0.25, -0.2) is 89.0 Å². The fourth-order valence-corrected chi connectivity index (χ4v) is 16.7. The summed E-state index contributed by atoms with van der Waals surface area (Å²) in [5.41, 5.74) is 7.19. The first-order valence-electron chi connectivity index (χ1n) is 32.8. The number of ether oxygens (including phenoxy) is 3. The van der Waals surface area contributed by atoms with Crippen molar-refractivity contribution >= 4 is 101 Å². The van der Waals surface area contributed by atoms with Crippen LogP contribution in [0.2, 0.25) is 0 Å². The summed E-state index contributed by atoms with van der Waals surface area (Å²) in [5, 5.41) is 32.8. The van der Waals surface area contributed by atoms with Crippen LogP contribution in [0.3, 0.4) is 0 Å². The van der Waals surface area contributed by atoms with E-state index in [2.05, 4.69) is 46.9 Å². The molecule has 0 aliphatic rings. The molecule has 0 unspecified atom stereocenters. The van der Waals surface area contributed by atoms with Crippen LogP contribution in [0.1, 0.15) is 211 Å². The maximum Gasteiger partial charge on any atom is 0.339 e. The molecule has 0 heterocycles. The van der Waals surface area contributed by atoms with Crippen LogP contribution in [0.15, 0.2) is 125 Å². The molecule has 0 saturated heterocycles. The third-order valence-electron chi connectivity index (χ3n) is 16.3. The van der Waals surface area contributed by atoms with Crippen LogP contribution < -0.4 is 19.3 Å². The molecule has 108 heavy (non-hydrogen) atoms. The molecule has 29 nitrogen and oxygen atoms in total. The van der Waals surface area contributed by atoms with Crippen molar-refractivity contribution < 1.29 is 93.5 Å². The highest BCUT2D eigenvalue weighted by molar-refractivity contribution is 7.93. The second-order valence-corrected chi connectivity index (χ2v) is 36.9. The quantitative estimate of drug-likeness (QED) is 0.0162. The van der Waals surface area contributed by atoms with Crippen LogP contribution in [-0.2, 0) is 101 Å². The first-order chi connectivity index (χ1) is 50.0. The standard InChI is InChI=1S/2C25H30N2O7S2.C14H16N2O.C9H12N2O6S2/c2*1-15(2)20-9-17(13-26)10-21(16(3)4)22(20)11-18(28)14-35(30,31)24-8-7-19(36(32,33)27-5)12-23(24)25(29)34-6;1-9(2)12-5-11(7-15)6-13(10(3)4)14(12)16-8-17;1-11-19(15,16)6-3-4-8(18(10,13)14)7(5-6)9(12)17-2/h2*7-10,12,15-16,27H,11,14H2,1-6H3;5-6,9-10H,1-4H3;3-5,11H,1-2H3,(H2,10,13,14). The first-order valence-corrected chi connectivity index (χ1v) is 42.1. The van der Waals surface area contributed by atoms with Crippen LogP contribution in [0, 0.1) is 34.0 Å². The highest BCUT2D eigenvalue weighted by Crippen LogP contribution is 2.37. The smallest absolute Gasteiger partial charge is 0.339 e. The summed E-state index contributed by atoms with van der Waals surface area (Å²) in [7, 11) is -17.9. The third kappa shape index (κ3) is 24.0. The molecule has 0 aromatic heterocycles. The number of hydrogen-bond donors (Lipinski definition) is 4. The molecule has 6 aromatic carbocycles. The molecule has 0 bridgehead atoms. The number of sulfonamides is 4. The van der Waals surface area contributed by atoms with E-state index < -0.39 is 132 Å². The number of nitriles is 3. The van der Waals surface area contributed by atoms with E-state index in [1.54, 1.807) is 42.5 Å². The second-order valence-electron chi connectivity index (χ2n) is 25.8. The molecule has 0 radical (unpaired) electrons. The molecule has 0 spiro atoms. The number of nitrogens with one attached hydrogen (secondary N) is 3. The van der Waals surface area contributed by atoms with Gasteiger partial charge >= 0.3 is 17.9 Å². The van der Waals surface area contributed by atoms with Crippen molar-refractivity contribution in [3.63, 3.8) is 0 Å². The molecule has 6 rings (SSSR count). The zero-order valence-corrected chi connectivity index (χ0v) is 67.7. The zero-order valence-electron chi connectivity index (χ0n) is 62.8. The van der Waals surface area contributed by atoms with Crippen LogP contribution in [0.25, 0.3) is 0 Å². The largest absolute Gasteiger partial charge is 0.465 e. The lowest BCUT2D eigenvalue weighted by atomic mass is 9.85. The number of hydrogen-bond acceptors (Lipinski definition) is 25. The Balaban J connectivity index is 0.000000393. The predicted molar refractivity (Wildman–Crippen MR) is 401 cm³/mol. The molecule has 0 atom stereocenters. The predicted octanol–water partition coefficient (Wildman–Crippen LogP) is 8.97. The number of benzene rings is 6. The van der Waals surface area contributed by atoms with Gasteiger partial charge in [-0.15, -0.1) is 0 Å². The van der Waals surface area contributed by atoms with E-state index in [0.29, 0.717) is 33.5 Å². The summed E-state index contributed by atoms with van der Waals surface area (Å²) in [6.45, 7) is 23.5. The molecular weight excluding hydrogens is 1520 g/mol. The van der Waals surface area contributed by atoms with Gasteiger partial charge in [0.1, 0.15) is 11.5 Å². The van der Waals surface area contributed by atoms with E-state index in [1.807, 2.05) is 87.8 Å². The van der Waals surface area contributed by atoms with Gasteiger partial charge in [0.2, 0.25) is 46.2 Å². The monoisotopic (exact) mass is 1600 g/mol. The van der Waals surface area contributed by atoms with Crippen LogP contribution in [0.4, 0.5) is 5.69 Å². The van der Waals surface area contributed by atoms with Gasteiger partial charge in [0.25, 0.3) is 0 Å². The van der Waals surface area contributed by atoms with E-state index >= 15 is 0 Å². The molecule has 0 aliphatic heterocycles. The van der Waals surface area contributed by atoms with Crippen LogP contribution >= 0.6 is 0 Å². The number of primary sulfonamides is 1. The normalized spacial score (nSPS) is 11.7. The number of carbonyl (C=O) groups is 5. The maximum atomic E-state index is 13.2. The van der Waals surface area contributed by atoms with Gasteiger partial charge in [-0.05, 0) is 192 Å². The maximum absolute atomic E-state index is 13.2. The van der Waals surface area contributed by atoms with E-state index in [1.165, 1.54) is 21.1 Å². The Morgan fingerprint density at radius 1 is 0.407 bits per heavy atom. The number of nitrogens with two attached hydrogens (primary N) is 1. The lowest BCUT2D eigenvalue weighted by molar-refractivity contribution is -0.116.